The summed E-state index contributed by atoms with van der Waals surface area (Å²) in [5.74, 6) is 1.75. The van der Waals surface area contributed by atoms with Crippen LogP contribution in [-0.2, 0) is 4.79 Å². The van der Waals surface area contributed by atoms with Crippen molar-refractivity contribution in [3.05, 3.63) is 73.1 Å². The van der Waals surface area contributed by atoms with Gasteiger partial charge in [-0.2, -0.15) is 4.98 Å². The first-order valence-electron chi connectivity index (χ1n) is 12.9. The van der Waals surface area contributed by atoms with E-state index in [-0.39, 0.29) is 11.8 Å². The Kier molecular flexibility index (Phi) is 8.51. The van der Waals surface area contributed by atoms with Crippen molar-refractivity contribution < 1.29 is 9.53 Å². The molecule has 2 heterocycles. The molecule has 204 valence electrons. The van der Waals surface area contributed by atoms with Crippen LogP contribution in [0.3, 0.4) is 0 Å². The number of aromatic nitrogens is 3. The van der Waals surface area contributed by atoms with Gasteiger partial charge in [0, 0.05) is 44.2 Å². The van der Waals surface area contributed by atoms with Crippen LogP contribution in [0.25, 0.3) is 16.7 Å². The lowest BCUT2D eigenvalue weighted by molar-refractivity contribution is -0.111. The molecule has 0 aliphatic carbocycles. The minimum Gasteiger partial charge on any atom is -0.494 e. The van der Waals surface area contributed by atoms with Gasteiger partial charge in [-0.3, -0.25) is 4.79 Å². The van der Waals surface area contributed by atoms with Gasteiger partial charge in [0.25, 0.3) is 0 Å². The molecule has 4 aromatic rings. The van der Waals surface area contributed by atoms with Crippen molar-refractivity contribution in [3.8, 4) is 11.6 Å². The average Bonchev–Trinajstić information content (AvgIpc) is 3.35. The predicted molar refractivity (Wildman–Crippen MR) is 160 cm³/mol. The molecule has 2 N–H and O–H groups in total. The minimum absolute atomic E-state index is 0.224. The molecule has 0 unspecified atom stereocenters. The molecule has 0 atom stereocenters. The van der Waals surface area contributed by atoms with E-state index in [1.54, 1.807) is 7.11 Å². The summed E-state index contributed by atoms with van der Waals surface area (Å²) in [4.78, 5) is 26.0. The highest BCUT2D eigenvalue weighted by Gasteiger charge is 2.18. The Hall–Kier alpha value is -4.37. The SMILES string of the molecule is C=CC(=O)Nc1cc(Nc2ncc(C(C)C)c(-n3ccc4ccccc43)n2)c(OC)cc1N(C)CCN(C)C. The molecule has 0 bridgehead atoms. The van der Waals surface area contributed by atoms with Crippen molar-refractivity contribution in [2.45, 2.75) is 19.8 Å². The number of nitrogens with zero attached hydrogens (tertiary/aromatic N) is 5. The molecule has 1 amide bonds. The van der Waals surface area contributed by atoms with E-state index in [9.17, 15) is 4.79 Å². The van der Waals surface area contributed by atoms with Crippen LogP contribution >= 0.6 is 0 Å². The third-order valence-electron chi connectivity index (χ3n) is 6.55. The number of benzene rings is 2. The van der Waals surface area contributed by atoms with Crippen LogP contribution in [0, 0.1) is 0 Å². The molecular formula is C30H37N7O2. The number of rotatable bonds is 11. The third-order valence-corrected chi connectivity index (χ3v) is 6.55. The number of amides is 1. The van der Waals surface area contributed by atoms with Crippen molar-refractivity contribution in [1.82, 2.24) is 19.4 Å². The van der Waals surface area contributed by atoms with Gasteiger partial charge in [-0.05, 0) is 49.7 Å². The number of carbonyl (C=O) groups excluding carboxylic acids is 1. The number of fused-ring (bicyclic) bond motifs is 1. The van der Waals surface area contributed by atoms with Gasteiger partial charge >= 0.3 is 0 Å². The number of anilines is 4. The zero-order valence-electron chi connectivity index (χ0n) is 23.5. The lowest BCUT2D eigenvalue weighted by Gasteiger charge is -2.26. The molecule has 0 saturated carbocycles. The number of para-hydroxylation sites is 1. The summed E-state index contributed by atoms with van der Waals surface area (Å²) < 4.78 is 7.84. The molecule has 0 spiro atoms. The molecule has 0 aliphatic heterocycles. The summed E-state index contributed by atoms with van der Waals surface area (Å²) in [5.41, 5.74) is 4.18. The molecule has 9 heteroatoms. The Morgan fingerprint density at radius 3 is 2.59 bits per heavy atom. The molecule has 0 fully saturated rings. The van der Waals surface area contributed by atoms with Gasteiger partial charge in [-0.15, -0.1) is 0 Å². The number of hydrogen-bond donors (Lipinski definition) is 2. The maximum absolute atomic E-state index is 12.3. The molecule has 39 heavy (non-hydrogen) atoms. The van der Waals surface area contributed by atoms with Crippen LogP contribution in [-0.4, -0.2) is 66.7 Å². The summed E-state index contributed by atoms with van der Waals surface area (Å²) in [6, 6.07) is 14.0. The van der Waals surface area contributed by atoms with E-state index in [2.05, 4.69) is 68.6 Å². The Morgan fingerprint density at radius 1 is 1.13 bits per heavy atom. The van der Waals surface area contributed by atoms with Gasteiger partial charge in [-0.25, -0.2) is 4.98 Å². The number of ether oxygens (including phenoxy) is 1. The topological polar surface area (TPSA) is 87.5 Å². The largest absolute Gasteiger partial charge is 0.494 e. The first-order valence-corrected chi connectivity index (χ1v) is 12.9. The molecule has 9 nitrogen and oxygen atoms in total. The monoisotopic (exact) mass is 527 g/mol. The molecular weight excluding hydrogens is 490 g/mol. The second-order valence-electron chi connectivity index (χ2n) is 9.98. The Balaban J connectivity index is 1.77. The van der Waals surface area contributed by atoms with E-state index in [0.717, 1.165) is 41.1 Å². The molecule has 4 rings (SSSR count). The van der Waals surface area contributed by atoms with Gasteiger partial charge in [0.15, 0.2) is 0 Å². The normalized spacial score (nSPS) is 11.2. The summed E-state index contributed by atoms with van der Waals surface area (Å²) in [6.45, 7) is 9.46. The van der Waals surface area contributed by atoms with Crippen molar-refractivity contribution in [2.75, 3.05) is 56.9 Å². The van der Waals surface area contributed by atoms with Crippen LogP contribution in [0.4, 0.5) is 23.0 Å². The lowest BCUT2D eigenvalue weighted by Crippen LogP contribution is -2.29. The van der Waals surface area contributed by atoms with Gasteiger partial charge in [0.2, 0.25) is 11.9 Å². The molecule has 0 aliphatic rings. The van der Waals surface area contributed by atoms with Crippen LogP contribution in [0.1, 0.15) is 25.3 Å². The van der Waals surface area contributed by atoms with Crippen molar-refractivity contribution >= 4 is 39.8 Å². The van der Waals surface area contributed by atoms with E-state index in [0.29, 0.717) is 23.1 Å². The number of methoxy groups -OCH3 is 1. The number of carbonyl (C=O) groups is 1. The summed E-state index contributed by atoms with van der Waals surface area (Å²) in [7, 11) is 7.65. The van der Waals surface area contributed by atoms with Gasteiger partial charge in [-0.1, -0.05) is 38.6 Å². The highest BCUT2D eigenvalue weighted by molar-refractivity contribution is 6.02. The van der Waals surface area contributed by atoms with E-state index in [1.807, 2.05) is 57.8 Å². The highest BCUT2D eigenvalue weighted by atomic mass is 16.5. The highest BCUT2D eigenvalue weighted by Crippen LogP contribution is 2.38. The van der Waals surface area contributed by atoms with Crippen LogP contribution in [0.15, 0.2) is 67.5 Å². The second-order valence-corrected chi connectivity index (χ2v) is 9.98. The zero-order valence-corrected chi connectivity index (χ0v) is 23.5. The minimum atomic E-state index is -0.298. The Bertz CT molecular complexity index is 1480. The zero-order chi connectivity index (χ0) is 28.1. The predicted octanol–water partition coefficient (Wildman–Crippen LogP) is 5.42. The summed E-state index contributed by atoms with van der Waals surface area (Å²) in [6.07, 6.45) is 5.15. The first kappa shape index (κ1) is 27.7. The smallest absolute Gasteiger partial charge is 0.247 e. The van der Waals surface area contributed by atoms with E-state index in [1.165, 1.54) is 6.08 Å². The summed E-state index contributed by atoms with van der Waals surface area (Å²) in [5, 5.41) is 7.39. The lowest BCUT2D eigenvalue weighted by atomic mass is 10.1. The molecule has 2 aromatic heterocycles. The number of nitrogens with one attached hydrogen (secondary N) is 2. The van der Waals surface area contributed by atoms with Gasteiger partial charge in [0.05, 0.1) is 29.7 Å². The van der Waals surface area contributed by atoms with E-state index < -0.39 is 0 Å². The standard InChI is InChI=1S/C30H37N7O2/c1-8-28(38)32-23-17-24(27(39-7)18-26(23)36(6)16-15-35(4)5)33-30-31-19-22(20(2)3)29(34-30)37-14-13-21-11-9-10-12-25(21)37/h8-14,17-20H,1,15-16H2,2-7H3,(H,32,38)(H,31,33,34). The molecule has 2 aromatic carbocycles. The fourth-order valence-electron chi connectivity index (χ4n) is 4.34. The van der Waals surface area contributed by atoms with Gasteiger partial charge < -0.3 is 29.7 Å². The fourth-order valence-corrected chi connectivity index (χ4v) is 4.34. The maximum atomic E-state index is 12.3. The number of hydrogen-bond acceptors (Lipinski definition) is 7. The molecule has 0 saturated heterocycles. The third kappa shape index (κ3) is 6.21. The Morgan fingerprint density at radius 2 is 1.90 bits per heavy atom. The fraction of sp³-hybridized carbons (Fsp3) is 0.300. The quantitative estimate of drug-likeness (QED) is 0.252. The average molecular weight is 528 g/mol. The van der Waals surface area contributed by atoms with Crippen molar-refractivity contribution in [2.24, 2.45) is 0 Å². The van der Waals surface area contributed by atoms with Crippen molar-refractivity contribution in [1.29, 1.82) is 0 Å². The van der Waals surface area contributed by atoms with Crippen LogP contribution in [0.2, 0.25) is 0 Å². The maximum Gasteiger partial charge on any atom is 0.247 e. The Labute approximate surface area is 230 Å². The number of likely N-dealkylation sites (N-methyl/N-ethyl adjacent to an activating group) is 2. The van der Waals surface area contributed by atoms with Crippen LogP contribution in [0.5, 0.6) is 5.75 Å². The first-order chi connectivity index (χ1) is 18.7. The van der Waals surface area contributed by atoms with Crippen LogP contribution < -0.4 is 20.3 Å². The van der Waals surface area contributed by atoms with Gasteiger partial charge in [0.1, 0.15) is 11.6 Å². The second kappa shape index (κ2) is 12.0. The summed E-state index contributed by atoms with van der Waals surface area (Å²) >= 11 is 0. The van der Waals surface area contributed by atoms with E-state index >= 15 is 0 Å². The van der Waals surface area contributed by atoms with Crippen molar-refractivity contribution in [3.63, 3.8) is 0 Å². The molecule has 0 radical (unpaired) electrons. The van der Waals surface area contributed by atoms with E-state index in [4.69, 9.17) is 9.72 Å².